The third kappa shape index (κ3) is 6.09. The summed E-state index contributed by atoms with van der Waals surface area (Å²) in [6.07, 6.45) is 8.89. The van der Waals surface area contributed by atoms with Gasteiger partial charge in [-0.15, -0.1) is 0 Å². The van der Waals surface area contributed by atoms with Gasteiger partial charge < -0.3 is 15.6 Å². The lowest BCUT2D eigenvalue weighted by Crippen LogP contribution is -2.57. The van der Waals surface area contributed by atoms with Crippen LogP contribution in [0, 0.1) is 11.8 Å². The van der Waals surface area contributed by atoms with Crippen molar-refractivity contribution in [2.24, 2.45) is 24.6 Å². The summed E-state index contributed by atoms with van der Waals surface area (Å²) in [6, 6.07) is 14.4. The van der Waals surface area contributed by atoms with Gasteiger partial charge in [0.15, 0.2) is 0 Å². The Balaban J connectivity index is 1.24. The first-order valence-electron chi connectivity index (χ1n) is 12.7. The summed E-state index contributed by atoms with van der Waals surface area (Å²) in [5.74, 6) is 1.01. The van der Waals surface area contributed by atoms with Crippen LogP contribution in [0.25, 0.3) is 22.2 Å². The number of hydrogen-bond donors (Lipinski definition) is 2. The van der Waals surface area contributed by atoms with E-state index in [1.807, 2.05) is 36.2 Å². The number of rotatable bonds is 14. The fourth-order valence-corrected chi connectivity index (χ4v) is 6.20. The summed E-state index contributed by atoms with van der Waals surface area (Å²) in [5, 5.41) is 15.7. The Bertz CT molecular complexity index is 1180. The number of halogens is 1. The number of aliphatic carboxylic acids is 1. The maximum Gasteiger partial charge on any atom is 0.324 e. The van der Waals surface area contributed by atoms with Crippen molar-refractivity contribution < 1.29 is 14.6 Å². The van der Waals surface area contributed by atoms with E-state index >= 15 is 0 Å². The third-order valence-corrected chi connectivity index (χ3v) is 8.59. The van der Waals surface area contributed by atoms with Crippen LogP contribution < -0.4 is 10.5 Å². The number of fused-ring (bicyclic) bond motifs is 1. The molecule has 0 aliphatic heterocycles. The van der Waals surface area contributed by atoms with Gasteiger partial charge >= 0.3 is 5.97 Å². The number of ether oxygens (including phenoxy) is 1. The molecule has 1 fully saturated rings. The van der Waals surface area contributed by atoms with E-state index in [0.717, 1.165) is 83.1 Å². The van der Waals surface area contributed by atoms with Crippen LogP contribution in [0.4, 0.5) is 0 Å². The van der Waals surface area contributed by atoms with Crippen LogP contribution >= 0.6 is 27.7 Å². The second-order valence-corrected chi connectivity index (χ2v) is 11.7. The topological polar surface area (TPSA) is 90.4 Å². The highest BCUT2D eigenvalue weighted by atomic mass is 79.9. The summed E-state index contributed by atoms with van der Waals surface area (Å²) < 4.78 is 9.00. The molecule has 1 aliphatic rings. The van der Waals surface area contributed by atoms with Gasteiger partial charge in [-0.05, 0) is 73.8 Å². The highest BCUT2D eigenvalue weighted by Gasteiger charge is 2.52. The zero-order valence-corrected chi connectivity index (χ0v) is 23.5. The molecule has 6 nitrogen and oxygen atoms in total. The van der Waals surface area contributed by atoms with Crippen LogP contribution in [-0.4, -0.2) is 45.0 Å². The molecule has 3 N–H and O–H groups in total. The number of aryl methyl sites for hydroxylation is 1. The van der Waals surface area contributed by atoms with Gasteiger partial charge in [-0.3, -0.25) is 9.48 Å². The van der Waals surface area contributed by atoms with E-state index in [2.05, 4.69) is 40.2 Å². The molecule has 0 radical (unpaired) electrons. The molecule has 36 heavy (non-hydrogen) atoms. The lowest BCUT2D eigenvalue weighted by atomic mass is 9.78. The monoisotopic (exact) mass is 573 g/mol. The Kier molecular flexibility index (Phi) is 9.01. The summed E-state index contributed by atoms with van der Waals surface area (Å²) in [4.78, 5) is 12.0. The molecule has 1 aromatic heterocycles. The second kappa shape index (κ2) is 12.0. The van der Waals surface area contributed by atoms with Crippen molar-refractivity contribution in [3.8, 4) is 17.0 Å². The predicted octanol–water partition coefficient (Wildman–Crippen LogP) is 6.50. The third-order valence-electron chi connectivity index (χ3n) is 7.32. The largest absolute Gasteiger partial charge is 0.494 e. The van der Waals surface area contributed by atoms with Crippen LogP contribution in [0.2, 0.25) is 0 Å². The summed E-state index contributed by atoms with van der Waals surface area (Å²) in [5.41, 5.74) is 8.49. The SMILES string of the molecule is CSCC(CCCCCCOc1ccc2c(-c3ccc(Br)cc3)nn(C)c2c1)C(N)(C(=O)O)C1CC1. The minimum absolute atomic E-state index is 0.0293. The number of aromatic nitrogens is 2. The lowest BCUT2D eigenvalue weighted by Gasteiger charge is -2.34. The van der Waals surface area contributed by atoms with E-state index in [0.29, 0.717) is 6.61 Å². The first-order valence-corrected chi connectivity index (χ1v) is 14.9. The molecule has 4 rings (SSSR count). The van der Waals surface area contributed by atoms with E-state index in [9.17, 15) is 9.90 Å². The second-order valence-electron chi connectivity index (χ2n) is 9.87. The number of benzene rings is 2. The summed E-state index contributed by atoms with van der Waals surface area (Å²) in [7, 11) is 1.96. The Morgan fingerprint density at radius 1 is 1.22 bits per heavy atom. The maximum atomic E-state index is 12.0. The molecule has 1 heterocycles. The van der Waals surface area contributed by atoms with Gasteiger partial charge in [0, 0.05) is 28.5 Å². The van der Waals surface area contributed by atoms with Gasteiger partial charge in [-0.1, -0.05) is 47.3 Å². The average molecular weight is 575 g/mol. The first-order chi connectivity index (χ1) is 17.3. The zero-order valence-electron chi connectivity index (χ0n) is 21.1. The molecule has 0 saturated heterocycles. The first kappa shape index (κ1) is 27.0. The van der Waals surface area contributed by atoms with Gasteiger partial charge in [-0.2, -0.15) is 16.9 Å². The van der Waals surface area contributed by atoms with Crippen molar-refractivity contribution in [3.63, 3.8) is 0 Å². The minimum atomic E-state index is -1.06. The molecular formula is C28H36BrN3O3S. The van der Waals surface area contributed by atoms with E-state index in [1.54, 1.807) is 11.8 Å². The fourth-order valence-electron chi connectivity index (χ4n) is 5.09. The number of carboxylic acids is 1. The standard InChI is InChI=1S/C28H36BrN3O3S/c1-32-25-17-23(14-15-24(25)26(31-32)19-8-12-22(29)13-9-19)35-16-6-4-3-5-7-21(18-36-2)28(30,27(33)34)20-10-11-20/h8-9,12-15,17,20-21H,3-7,10-11,16,18,30H2,1-2H3,(H,33,34). The predicted molar refractivity (Wildman–Crippen MR) is 152 cm³/mol. The summed E-state index contributed by atoms with van der Waals surface area (Å²) >= 11 is 5.19. The van der Waals surface area contributed by atoms with E-state index < -0.39 is 11.5 Å². The Morgan fingerprint density at radius 3 is 2.61 bits per heavy atom. The quantitative estimate of drug-likeness (QED) is 0.214. The fraction of sp³-hybridized carbons (Fsp3) is 0.500. The highest BCUT2D eigenvalue weighted by Crippen LogP contribution is 2.44. The minimum Gasteiger partial charge on any atom is -0.494 e. The van der Waals surface area contributed by atoms with Crippen molar-refractivity contribution in [1.82, 2.24) is 9.78 Å². The van der Waals surface area contributed by atoms with Crippen LogP contribution in [0.5, 0.6) is 5.75 Å². The Morgan fingerprint density at radius 2 is 1.94 bits per heavy atom. The average Bonchev–Trinajstić information content (AvgIpc) is 3.67. The van der Waals surface area contributed by atoms with E-state index in [4.69, 9.17) is 15.6 Å². The number of thioether (sulfide) groups is 1. The van der Waals surface area contributed by atoms with Crippen molar-refractivity contribution >= 4 is 44.6 Å². The van der Waals surface area contributed by atoms with Crippen LogP contribution in [0.1, 0.15) is 44.9 Å². The Labute approximate surface area is 226 Å². The van der Waals surface area contributed by atoms with Crippen molar-refractivity contribution in [2.75, 3.05) is 18.6 Å². The smallest absolute Gasteiger partial charge is 0.324 e. The van der Waals surface area contributed by atoms with E-state index in [-0.39, 0.29) is 11.8 Å². The zero-order chi connectivity index (χ0) is 25.7. The molecular weight excluding hydrogens is 538 g/mol. The normalized spacial score (nSPS) is 16.1. The maximum absolute atomic E-state index is 12.0. The number of hydrogen-bond acceptors (Lipinski definition) is 5. The number of nitrogens with zero attached hydrogens (tertiary/aromatic N) is 2. The van der Waals surface area contributed by atoms with Gasteiger partial charge in [-0.25, -0.2) is 0 Å². The van der Waals surface area contributed by atoms with Crippen LogP contribution in [0.15, 0.2) is 46.9 Å². The summed E-state index contributed by atoms with van der Waals surface area (Å²) in [6.45, 7) is 0.662. The van der Waals surface area contributed by atoms with Gasteiger partial charge in [0.1, 0.15) is 17.0 Å². The molecule has 0 amide bonds. The lowest BCUT2D eigenvalue weighted by molar-refractivity contribution is -0.146. The van der Waals surface area contributed by atoms with Crippen LogP contribution in [0.3, 0.4) is 0 Å². The van der Waals surface area contributed by atoms with Gasteiger partial charge in [0.2, 0.25) is 0 Å². The number of carbonyl (C=O) groups is 1. The van der Waals surface area contributed by atoms with Gasteiger partial charge in [0.05, 0.1) is 12.1 Å². The van der Waals surface area contributed by atoms with Crippen molar-refractivity contribution in [1.29, 1.82) is 0 Å². The van der Waals surface area contributed by atoms with Gasteiger partial charge in [0.25, 0.3) is 0 Å². The van der Waals surface area contributed by atoms with Crippen molar-refractivity contribution in [2.45, 2.75) is 50.5 Å². The number of unbranched alkanes of at least 4 members (excludes halogenated alkanes) is 3. The number of nitrogens with two attached hydrogens (primary N) is 1. The molecule has 2 unspecified atom stereocenters. The molecule has 2 atom stereocenters. The molecule has 0 bridgehead atoms. The van der Waals surface area contributed by atoms with Crippen molar-refractivity contribution in [3.05, 3.63) is 46.9 Å². The number of carboxylic acid groups (broad SMARTS) is 1. The molecule has 194 valence electrons. The molecule has 0 spiro atoms. The molecule has 1 saturated carbocycles. The van der Waals surface area contributed by atoms with Crippen LogP contribution in [-0.2, 0) is 11.8 Å². The Hall–Kier alpha value is -2.03. The molecule has 8 heteroatoms. The highest BCUT2D eigenvalue weighted by molar-refractivity contribution is 9.10. The molecule has 2 aromatic carbocycles. The van der Waals surface area contributed by atoms with E-state index in [1.165, 1.54) is 0 Å². The molecule has 3 aromatic rings. The molecule has 1 aliphatic carbocycles.